The molecule has 0 saturated heterocycles. The van der Waals surface area contributed by atoms with Crippen LogP contribution >= 0.6 is 12.6 Å². The fraction of sp³-hybridized carbons (Fsp3) is 0.182. The number of rotatable bonds is 0. The van der Waals surface area contributed by atoms with Crippen molar-refractivity contribution in [1.82, 2.24) is 0 Å². The van der Waals surface area contributed by atoms with E-state index in [-0.39, 0.29) is 16.9 Å². The summed E-state index contributed by atoms with van der Waals surface area (Å²) in [6, 6.07) is 4.69. The zero-order valence-electron chi connectivity index (χ0n) is 7.97. The van der Waals surface area contributed by atoms with Crippen molar-refractivity contribution >= 4 is 12.6 Å². The van der Waals surface area contributed by atoms with E-state index in [2.05, 4.69) is 24.5 Å². The molecule has 0 aliphatic carbocycles. The highest BCUT2D eigenvalue weighted by Crippen LogP contribution is 2.30. The smallest absolute Gasteiger partial charge is 0.192 e. The van der Waals surface area contributed by atoms with Crippen molar-refractivity contribution in [2.45, 2.75) is 6.18 Å². The van der Waals surface area contributed by atoms with Gasteiger partial charge in [-0.25, -0.2) is 0 Å². The van der Waals surface area contributed by atoms with Gasteiger partial charge >= 0.3 is 6.18 Å². The second-order valence-corrected chi connectivity index (χ2v) is 3.18. The van der Waals surface area contributed by atoms with Crippen LogP contribution in [-0.4, -0.2) is 5.75 Å². The standard InChI is InChI=1S/C11H6F3NS/c12-11(13,14)10-5-8(2-1-3-16)4-9(6-10)7-15/h4-6,16H,3H2. The molecule has 0 aliphatic rings. The van der Waals surface area contributed by atoms with Gasteiger partial charge in [-0.05, 0) is 18.2 Å². The predicted octanol–water partition coefficient (Wildman–Crippen LogP) is 2.86. The van der Waals surface area contributed by atoms with E-state index in [1.54, 1.807) is 6.07 Å². The fourth-order valence-electron chi connectivity index (χ4n) is 1.07. The van der Waals surface area contributed by atoms with Crippen molar-refractivity contribution in [3.63, 3.8) is 0 Å². The molecule has 0 fully saturated rings. The van der Waals surface area contributed by atoms with Crippen LogP contribution in [0.3, 0.4) is 0 Å². The molecule has 0 aromatic heterocycles. The molecular weight excluding hydrogens is 235 g/mol. The lowest BCUT2D eigenvalue weighted by atomic mass is 10.1. The summed E-state index contributed by atoms with van der Waals surface area (Å²) in [5.41, 5.74) is -0.756. The van der Waals surface area contributed by atoms with Gasteiger partial charge in [-0.3, -0.25) is 0 Å². The van der Waals surface area contributed by atoms with Crippen molar-refractivity contribution in [2.75, 3.05) is 5.75 Å². The lowest BCUT2D eigenvalue weighted by Crippen LogP contribution is -2.05. The molecule has 0 amide bonds. The van der Waals surface area contributed by atoms with Crippen molar-refractivity contribution in [2.24, 2.45) is 0 Å². The summed E-state index contributed by atoms with van der Waals surface area (Å²) in [6.07, 6.45) is -4.47. The van der Waals surface area contributed by atoms with Crippen molar-refractivity contribution in [1.29, 1.82) is 5.26 Å². The Kier molecular flexibility index (Phi) is 3.87. The summed E-state index contributed by atoms with van der Waals surface area (Å²) in [7, 11) is 0. The molecular formula is C11H6F3NS. The van der Waals surface area contributed by atoms with Crippen LogP contribution in [0.1, 0.15) is 16.7 Å². The average Bonchev–Trinajstić information content (AvgIpc) is 2.24. The first-order valence-electron chi connectivity index (χ1n) is 4.19. The summed E-state index contributed by atoms with van der Waals surface area (Å²) in [5.74, 6) is 5.28. The Morgan fingerprint density at radius 3 is 2.31 bits per heavy atom. The number of alkyl halides is 3. The minimum absolute atomic E-state index is 0.0571. The Hall–Kier alpha value is -1.59. The average molecular weight is 241 g/mol. The minimum Gasteiger partial charge on any atom is -0.192 e. The monoisotopic (exact) mass is 241 g/mol. The number of nitriles is 1. The van der Waals surface area contributed by atoms with E-state index in [0.717, 1.165) is 12.1 Å². The van der Waals surface area contributed by atoms with E-state index in [9.17, 15) is 13.2 Å². The summed E-state index contributed by atoms with van der Waals surface area (Å²) in [6.45, 7) is 0. The van der Waals surface area contributed by atoms with Gasteiger partial charge < -0.3 is 0 Å². The first-order chi connectivity index (χ1) is 7.47. The Bertz CT molecular complexity index is 489. The van der Waals surface area contributed by atoms with E-state index in [0.29, 0.717) is 0 Å². The van der Waals surface area contributed by atoms with Crippen LogP contribution in [0.25, 0.3) is 0 Å². The molecule has 0 aliphatic heterocycles. The van der Waals surface area contributed by atoms with Gasteiger partial charge in [0, 0.05) is 5.56 Å². The van der Waals surface area contributed by atoms with E-state index in [1.807, 2.05) is 0 Å². The lowest BCUT2D eigenvalue weighted by Gasteiger charge is -2.07. The molecule has 1 aromatic carbocycles. The van der Waals surface area contributed by atoms with Gasteiger partial charge in [-0.1, -0.05) is 11.8 Å². The van der Waals surface area contributed by atoms with Gasteiger partial charge in [0.1, 0.15) is 0 Å². The maximum atomic E-state index is 12.4. The predicted molar refractivity (Wildman–Crippen MR) is 56.9 cm³/mol. The summed E-state index contributed by atoms with van der Waals surface area (Å²) in [4.78, 5) is 0. The number of hydrogen-bond acceptors (Lipinski definition) is 2. The van der Waals surface area contributed by atoms with Gasteiger partial charge in [-0.2, -0.15) is 31.1 Å². The highest BCUT2D eigenvalue weighted by molar-refractivity contribution is 7.80. The van der Waals surface area contributed by atoms with Gasteiger partial charge in [-0.15, -0.1) is 0 Å². The van der Waals surface area contributed by atoms with E-state index >= 15 is 0 Å². The highest BCUT2D eigenvalue weighted by atomic mass is 32.1. The van der Waals surface area contributed by atoms with E-state index < -0.39 is 11.7 Å². The molecule has 5 heteroatoms. The van der Waals surface area contributed by atoms with E-state index in [1.165, 1.54) is 6.07 Å². The zero-order chi connectivity index (χ0) is 12.2. The van der Waals surface area contributed by atoms with Crippen molar-refractivity contribution < 1.29 is 13.2 Å². The summed E-state index contributed by atoms with van der Waals surface area (Å²) >= 11 is 3.82. The Morgan fingerprint density at radius 1 is 1.19 bits per heavy atom. The molecule has 0 atom stereocenters. The number of nitrogens with zero attached hydrogens (tertiary/aromatic N) is 1. The number of benzene rings is 1. The van der Waals surface area contributed by atoms with Crippen LogP contribution in [0.4, 0.5) is 13.2 Å². The van der Waals surface area contributed by atoms with Gasteiger partial charge in [0.15, 0.2) is 0 Å². The molecule has 1 aromatic rings. The van der Waals surface area contributed by atoms with Crippen LogP contribution in [0.2, 0.25) is 0 Å². The van der Waals surface area contributed by atoms with Crippen molar-refractivity contribution in [3.05, 3.63) is 34.9 Å². The SMILES string of the molecule is N#Cc1cc(C#CCS)cc(C(F)(F)F)c1. The Morgan fingerprint density at radius 2 is 1.81 bits per heavy atom. The molecule has 0 bridgehead atoms. The molecule has 16 heavy (non-hydrogen) atoms. The maximum absolute atomic E-state index is 12.4. The van der Waals surface area contributed by atoms with Gasteiger partial charge in [0.05, 0.1) is 22.9 Å². The van der Waals surface area contributed by atoms with Crippen molar-refractivity contribution in [3.8, 4) is 17.9 Å². The molecule has 0 N–H and O–H groups in total. The summed E-state index contributed by atoms with van der Waals surface area (Å²) in [5, 5.41) is 8.60. The molecule has 0 spiro atoms. The molecule has 0 saturated carbocycles. The quantitative estimate of drug-likeness (QED) is 0.548. The van der Waals surface area contributed by atoms with Gasteiger partial charge in [0.25, 0.3) is 0 Å². The van der Waals surface area contributed by atoms with Crippen LogP contribution in [-0.2, 0) is 6.18 Å². The minimum atomic E-state index is -4.47. The maximum Gasteiger partial charge on any atom is 0.416 e. The van der Waals surface area contributed by atoms with Crippen LogP contribution in [0.15, 0.2) is 18.2 Å². The number of thiol groups is 1. The largest absolute Gasteiger partial charge is 0.416 e. The number of hydrogen-bond donors (Lipinski definition) is 1. The Labute approximate surface area is 96.3 Å². The van der Waals surface area contributed by atoms with E-state index in [4.69, 9.17) is 5.26 Å². The first kappa shape index (κ1) is 12.5. The zero-order valence-corrected chi connectivity index (χ0v) is 8.86. The summed E-state index contributed by atoms with van der Waals surface area (Å²) < 4.78 is 37.3. The molecule has 82 valence electrons. The third kappa shape index (κ3) is 3.22. The third-order valence-electron chi connectivity index (χ3n) is 1.70. The topological polar surface area (TPSA) is 23.8 Å². The number of halogens is 3. The normalized spacial score (nSPS) is 10.2. The Balaban J connectivity index is 3.28. The van der Waals surface area contributed by atoms with Crippen LogP contribution < -0.4 is 0 Å². The third-order valence-corrected chi connectivity index (χ3v) is 1.86. The molecule has 1 rings (SSSR count). The molecule has 0 radical (unpaired) electrons. The van der Waals surface area contributed by atoms with Gasteiger partial charge in [0.2, 0.25) is 0 Å². The molecule has 0 heterocycles. The second-order valence-electron chi connectivity index (χ2n) is 2.87. The first-order valence-corrected chi connectivity index (χ1v) is 4.82. The second kappa shape index (κ2) is 4.96. The molecule has 0 unspecified atom stereocenters. The van der Waals surface area contributed by atoms with Crippen LogP contribution in [0.5, 0.6) is 0 Å². The fourth-order valence-corrected chi connectivity index (χ4v) is 1.15. The lowest BCUT2D eigenvalue weighted by molar-refractivity contribution is -0.137. The highest BCUT2D eigenvalue weighted by Gasteiger charge is 2.31. The molecule has 1 nitrogen and oxygen atoms in total. The van der Waals surface area contributed by atoms with Crippen LogP contribution in [0, 0.1) is 23.2 Å².